The second-order valence-electron chi connectivity index (χ2n) is 2.10. The van der Waals surface area contributed by atoms with Crippen molar-refractivity contribution < 1.29 is 5.11 Å². The standard InChI is InChI=1S/C5H13OSi/c1-4-5(6)7(2)3/h5-7H,1,4H2,2-3H3. The summed E-state index contributed by atoms with van der Waals surface area (Å²) in [4.78, 5) is 0. The van der Waals surface area contributed by atoms with Gasteiger partial charge in [-0.25, -0.2) is 0 Å². The molecule has 2 heteroatoms. The summed E-state index contributed by atoms with van der Waals surface area (Å²) >= 11 is 0. The molecule has 0 heterocycles. The number of aliphatic hydroxyl groups is 1. The van der Waals surface area contributed by atoms with E-state index in [4.69, 9.17) is 5.11 Å². The van der Waals surface area contributed by atoms with Gasteiger partial charge in [-0.1, -0.05) is 20.0 Å². The highest BCUT2D eigenvalue weighted by Crippen LogP contribution is 1.93. The highest BCUT2D eigenvalue weighted by molar-refractivity contribution is 6.57. The minimum absolute atomic E-state index is 0.0694. The van der Waals surface area contributed by atoms with Gasteiger partial charge in [0, 0.05) is 5.73 Å². The lowest BCUT2D eigenvalue weighted by Gasteiger charge is -2.07. The Bertz CT molecular complexity index is 45.3. The first-order chi connectivity index (χ1) is 3.18. The van der Waals surface area contributed by atoms with Crippen molar-refractivity contribution in [2.24, 2.45) is 0 Å². The summed E-state index contributed by atoms with van der Waals surface area (Å²) < 4.78 is 0. The van der Waals surface area contributed by atoms with Crippen LogP contribution in [0.25, 0.3) is 0 Å². The van der Waals surface area contributed by atoms with Crippen molar-refractivity contribution in [2.75, 3.05) is 0 Å². The third-order valence-electron chi connectivity index (χ3n) is 1.07. The SMILES string of the molecule is [CH2]CC(O)[SiH](C)C. The van der Waals surface area contributed by atoms with Crippen molar-refractivity contribution in [2.45, 2.75) is 25.2 Å². The van der Waals surface area contributed by atoms with Gasteiger partial charge >= 0.3 is 0 Å². The van der Waals surface area contributed by atoms with Gasteiger partial charge in [-0.15, -0.1) is 0 Å². The van der Waals surface area contributed by atoms with E-state index in [-0.39, 0.29) is 5.73 Å². The van der Waals surface area contributed by atoms with Gasteiger partial charge in [-0.3, -0.25) is 0 Å². The third kappa shape index (κ3) is 2.82. The molecular weight excluding hydrogens is 104 g/mol. The lowest BCUT2D eigenvalue weighted by atomic mass is 10.5. The van der Waals surface area contributed by atoms with E-state index >= 15 is 0 Å². The molecule has 0 spiro atoms. The van der Waals surface area contributed by atoms with Crippen LogP contribution < -0.4 is 0 Å². The average Bonchev–Trinajstić information content (AvgIpc) is 1.65. The monoisotopic (exact) mass is 117 g/mol. The van der Waals surface area contributed by atoms with Crippen molar-refractivity contribution >= 4 is 8.80 Å². The largest absolute Gasteiger partial charge is 0.397 e. The highest BCUT2D eigenvalue weighted by Gasteiger charge is 2.05. The first-order valence-electron chi connectivity index (χ1n) is 2.65. The van der Waals surface area contributed by atoms with E-state index in [9.17, 15) is 0 Å². The van der Waals surface area contributed by atoms with E-state index in [0.29, 0.717) is 6.42 Å². The molecule has 0 aromatic carbocycles. The van der Waals surface area contributed by atoms with Gasteiger partial charge in [0.25, 0.3) is 0 Å². The fourth-order valence-corrected chi connectivity index (χ4v) is 1.00. The van der Waals surface area contributed by atoms with Gasteiger partial charge in [-0.2, -0.15) is 0 Å². The average molecular weight is 117 g/mol. The van der Waals surface area contributed by atoms with E-state index in [1.165, 1.54) is 0 Å². The molecule has 1 N–H and O–H groups in total. The van der Waals surface area contributed by atoms with E-state index in [1.807, 2.05) is 0 Å². The zero-order chi connectivity index (χ0) is 5.86. The van der Waals surface area contributed by atoms with Gasteiger partial charge in [0.05, 0.1) is 8.80 Å². The Kier molecular flexibility index (Phi) is 3.30. The van der Waals surface area contributed by atoms with Crippen LogP contribution in [0.1, 0.15) is 6.42 Å². The van der Waals surface area contributed by atoms with Crippen molar-refractivity contribution in [1.82, 2.24) is 0 Å². The maximum atomic E-state index is 8.93. The Morgan fingerprint density at radius 1 is 1.71 bits per heavy atom. The summed E-state index contributed by atoms with van der Waals surface area (Å²) in [6.45, 7) is 7.83. The quantitative estimate of drug-likeness (QED) is 0.525. The molecule has 0 bridgehead atoms. The summed E-state index contributed by atoms with van der Waals surface area (Å²) in [7, 11) is -0.772. The Morgan fingerprint density at radius 2 is 2.14 bits per heavy atom. The van der Waals surface area contributed by atoms with Crippen molar-refractivity contribution in [3.05, 3.63) is 6.92 Å². The molecule has 0 aliphatic rings. The topological polar surface area (TPSA) is 20.2 Å². The maximum Gasteiger partial charge on any atom is 0.0652 e. The minimum Gasteiger partial charge on any atom is -0.397 e. The maximum absolute atomic E-state index is 8.93. The fraction of sp³-hybridized carbons (Fsp3) is 0.800. The number of aliphatic hydroxyl groups excluding tert-OH is 1. The number of hydrogen-bond donors (Lipinski definition) is 1. The predicted octanol–water partition coefficient (Wildman–Crippen LogP) is 0.597. The minimum atomic E-state index is -0.772. The second kappa shape index (κ2) is 3.21. The van der Waals surface area contributed by atoms with Crippen LogP contribution in [0.3, 0.4) is 0 Å². The summed E-state index contributed by atoms with van der Waals surface area (Å²) in [5.41, 5.74) is -0.0694. The Hall–Kier alpha value is 0.177. The van der Waals surface area contributed by atoms with Crippen LogP contribution in [0.5, 0.6) is 0 Å². The predicted molar refractivity (Wildman–Crippen MR) is 34.9 cm³/mol. The molecule has 1 radical (unpaired) electrons. The molecule has 1 atom stereocenters. The molecule has 1 unspecified atom stereocenters. The van der Waals surface area contributed by atoms with Gasteiger partial charge in [-0.05, 0) is 6.42 Å². The highest BCUT2D eigenvalue weighted by atomic mass is 28.3. The van der Waals surface area contributed by atoms with Crippen LogP contribution in [0.2, 0.25) is 13.1 Å². The molecule has 7 heavy (non-hydrogen) atoms. The molecular formula is C5H13OSi. The fourth-order valence-electron chi connectivity index (χ4n) is 0.333. The van der Waals surface area contributed by atoms with Gasteiger partial charge in [0.2, 0.25) is 0 Å². The normalized spacial score (nSPS) is 15.0. The number of hydrogen-bond acceptors (Lipinski definition) is 1. The molecule has 0 fully saturated rings. The van der Waals surface area contributed by atoms with Crippen molar-refractivity contribution in [3.8, 4) is 0 Å². The van der Waals surface area contributed by atoms with E-state index in [1.54, 1.807) is 0 Å². The van der Waals surface area contributed by atoms with Crippen LogP contribution in [-0.2, 0) is 0 Å². The Morgan fingerprint density at radius 3 is 2.14 bits per heavy atom. The van der Waals surface area contributed by atoms with E-state index in [0.717, 1.165) is 0 Å². The van der Waals surface area contributed by atoms with Crippen molar-refractivity contribution in [1.29, 1.82) is 0 Å². The smallest absolute Gasteiger partial charge is 0.0652 e. The zero-order valence-electron chi connectivity index (χ0n) is 5.02. The number of rotatable bonds is 2. The van der Waals surface area contributed by atoms with Crippen LogP contribution >= 0.6 is 0 Å². The molecule has 0 amide bonds. The van der Waals surface area contributed by atoms with Crippen LogP contribution in [0, 0.1) is 6.92 Å². The molecule has 0 rings (SSSR count). The first-order valence-corrected chi connectivity index (χ1v) is 5.63. The second-order valence-corrected chi connectivity index (χ2v) is 5.36. The molecule has 43 valence electrons. The molecule has 0 saturated carbocycles. The Balaban J connectivity index is 3.14. The summed E-state index contributed by atoms with van der Waals surface area (Å²) in [6, 6.07) is 0. The molecule has 0 saturated heterocycles. The van der Waals surface area contributed by atoms with Crippen LogP contribution in [-0.4, -0.2) is 19.6 Å². The lowest BCUT2D eigenvalue weighted by Crippen LogP contribution is -2.22. The van der Waals surface area contributed by atoms with Gasteiger partial charge in [0.15, 0.2) is 0 Å². The summed E-state index contributed by atoms with van der Waals surface area (Å²) in [6.07, 6.45) is 0.684. The lowest BCUT2D eigenvalue weighted by molar-refractivity contribution is 0.251. The molecule has 0 aliphatic heterocycles. The van der Waals surface area contributed by atoms with E-state index in [2.05, 4.69) is 20.0 Å². The van der Waals surface area contributed by atoms with Crippen molar-refractivity contribution in [3.63, 3.8) is 0 Å². The van der Waals surface area contributed by atoms with E-state index < -0.39 is 8.80 Å². The molecule has 1 nitrogen and oxygen atoms in total. The zero-order valence-corrected chi connectivity index (χ0v) is 6.17. The first kappa shape index (κ1) is 7.18. The van der Waals surface area contributed by atoms with Crippen LogP contribution in [0.15, 0.2) is 0 Å². The van der Waals surface area contributed by atoms with Gasteiger partial charge in [0.1, 0.15) is 0 Å². The Labute approximate surface area is 47.0 Å². The summed E-state index contributed by atoms with van der Waals surface area (Å²) in [5, 5.41) is 8.93. The molecule has 0 aliphatic carbocycles. The van der Waals surface area contributed by atoms with Crippen LogP contribution in [0.4, 0.5) is 0 Å². The summed E-state index contributed by atoms with van der Waals surface area (Å²) in [5.74, 6) is 0. The van der Waals surface area contributed by atoms with Gasteiger partial charge < -0.3 is 5.11 Å². The molecule has 0 aromatic rings. The molecule has 0 aromatic heterocycles. The third-order valence-corrected chi connectivity index (χ3v) is 2.94.